The van der Waals surface area contributed by atoms with Gasteiger partial charge >= 0.3 is 0 Å². The quantitative estimate of drug-likeness (QED) is 0.920. The van der Waals surface area contributed by atoms with Crippen LogP contribution < -0.4 is 0 Å². The summed E-state index contributed by atoms with van der Waals surface area (Å²) in [5.74, 6) is 0.866. The fraction of sp³-hybridized carbons (Fsp3) is 0.588. The molecule has 1 aromatic carbocycles. The average Bonchev–Trinajstić information content (AvgIpc) is 2.79. The molecule has 2 aliphatic rings. The van der Waals surface area contributed by atoms with Crippen molar-refractivity contribution in [3.63, 3.8) is 0 Å². The van der Waals surface area contributed by atoms with E-state index in [1.807, 2.05) is 4.90 Å². The number of likely N-dealkylation sites (tertiary alicyclic amines) is 1. The second-order valence-corrected chi connectivity index (χ2v) is 6.18. The molecular weight excluding hydrogens is 250 g/mol. The van der Waals surface area contributed by atoms with E-state index >= 15 is 0 Å². The second kappa shape index (κ2) is 5.57. The van der Waals surface area contributed by atoms with Gasteiger partial charge in [0, 0.05) is 18.5 Å². The van der Waals surface area contributed by atoms with E-state index in [1.54, 1.807) is 0 Å². The molecule has 108 valence electrons. The molecule has 0 bridgehead atoms. The molecule has 3 heteroatoms. The molecule has 0 radical (unpaired) electrons. The lowest BCUT2D eigenvalue weighted by molar-refractivity contribution is -0.132. The molecule has 2 fully saturated rings. The third-order valence-electron chi connectivity index (χ3n) is 5.19. The molecule has 3 nitrogen and oxygen atoms in total. The van der Waals surface area contributed by atoms with Crippen LogP contribution in [0.2, 0.25) is 0 Å². The van der Waals surface area contributed by atoms with Gasteiger partial charge in [-0.05, 0) is 43.6 Å². The summed E-state index contributed by atoms with van der Waals surface area (Å²) in [6.07, 6.45) is 6.11. The van der Waals surface area contributed by atoms with Crippen molar-refractivity contribution in [2.45, 2.75) is 50.0 Å². The highest BCUT2D eigenvalue weighted by molar-refractivity contribution is 5.79. The van der Waals surface area contributed by atoms with Gasteiger partial charge in [-0.15, -0.1) is 0 Å². The van der Waals surface area contributed by atoms with Crippen LogP contribution in [-0.2, 0) is 4.79 Å². The summed E-state index contributed by atoms with van der Waals surface area (Å²) in [7, 11) is 0. The van der Waals surface area contributed by atoms with Crippen molar-refractivity contribution in [1.82, 2.24) is 4.90 Å². The fourth-order valence-corrected chi connectivity index (χ4v) is 4.07. The van der Waals surface area contributed by atoms with E-state index in [4.69, 9.17) is 0 Å². The lowest BCUT2D eigenvalue weighted by atomic mass is 9.73. The van der Waals surface area contributed by atoms with Gasteiger partial charge in [-0.2, -0.15) is 0 Å². The topological polar surface area (TPSA) is 40.5 Å². The van der Waals surface area contributed by atoms with Gasteiger partial charge in [0.1, 0.15) is 0 Å². The molecule has 1 aliphatic carbocycles. The zero-order valence-electron chi connectivity index (χ0n) is 11.9. The Bertz CT molecular complexity index is 463. The summed E-state index contributed by atoms with van der Waals surface area (Å²) >= 11 is 0. The minimum Gasteiger partial charge on any atom is -0.395 e. The number of hydrogen-bond donors (Lipinski definition) is 1. The predicted molar refractivity (Wildman–Crippen MR) is 78.4 cm³/mol. The van der Waals surface area contributed by atoms with Gasteiger partial charge in [-0.3, -0.25) is 4.79 Å². The summed E-state index contributed by atoms with van der Waals surface area (Å²) in [5.41, 5.74) is 1.48. The minimum atomic E-state index is 0.0467. The van der Waals surface area contributed by atoms with Crippen LogP contribution in [0.3, 0.4) is 0 Å². The first kappa shape index (κ1) is 13.6. The van der Waals surface area contributed by atoms with Crippen molar-refractivity contribution in [3.05, 3.63) is 35.9 Å². The van der Waals surface area contributed by atoms with Crippen molar-refractivity contribution in [1.29, 1.82) is 0 Å². The summed E-state index contributed by atoms with van der Waals surface area (Å²) in [6.45, 7) is 0.588. The third kappa shape index (κ3) is 2.35. The molecule has 1 heterocycles. The second-order valence-electron chi connectivity index (χ2n) is 6.18. The fourth-order valence-electron chi connectivity index (χ4n) is 4.07. The van der Waals surface area contributed by atoms with Gasteiger partial charge in [0.25, 0.3) is 0 Å². The number of amides is 1. The number of carbonyl (C=O) groups is 1. The van der Waals surface area contributed by atoms with Crippen molar-refractivity contribution in [2.24, 2.45) is 0 Å². The normalized spacial score (nSPS) is 30.1. The highest BCUT2D eigenvalue weighted by Gasteiger charge is 2.46. The standard InChI is InChI=1S/C17H23NO2/c19-13-12-18-16(20)8-11-17(18)9-6-15(7-10-17)14-4-2-1-3-5-14/h1-5,15,19H,6-13H2. The number of β-amino-alcohol motifs (C(OH)–C–C–N with tert-alkyl or cyclic N) is 1. The molecule has 1 aromatic rings. The Morgan fingerprint density at radius 3 is 2.50 bits per heavy atom. The van der Waals surface area contributed by atoms with Gasteiger partial charge in [-0.25, -0.2) is 0 Å². The highest BCUT2D eigenvalue weighted by atomic mass is 16.3. The van der Waals surface area contributed by atoms with Gasteiger partial charge in [0.2, 0.25) is 5.91 Å². The van der Waals surface area contributed by atoms with Crippen LogP contribution in [0.5, 0.6) is 0 Å². The maximum absolute atomic E-state index is 12.0. The van der Waals surface area contributed by atoms with Crippen LogP contribution in [-0.4, -0.2) is 34.6 Å². The number of rotatable bonds is 3. The molecule has 0 aromatic heterocycles. The van der Waals surface area contributed by atoms with Crippen molar-refractivity contribution >= 4 is 5.91 Å². The smallest absolute Gasteiger partial charge is 0.223 e. The van der Waals surface area contributed by atoms with Gasteiger partial charge in [0.05, 0.1) is 6.61 Å². The number of nitrogens with zero attached hydrogens (tertiary/aromatic N) is 1. The third-order valence-corrected chi connectivity index (χ3v) is 5.19. The number of benzene rings is 1. The molecule has 1 saturated heterocycles. The van der Waals surface area contributed by atoms with Crippen molar-refractivity contribution < 1.29 is 9.90 Å². The Labute approximate surface area is 120 Å². The van der Waals surface area contributed by atoms with Gasteiger partial charge in [0.15, 0.2) is 0 Å². The molecule has 1 saturated carbocycles. The lowest BCUT2D eigenvalue weighted by Crippen LogP contribution is -2.49. The van der Waals surface area contributed by atoms with Crippen LogP contribution in [0, 0.1) is 0 Å². The Morgan fingerprint density at radius 1 is 1.15 bits per heavy atom. The summed E-state index contributed by atoms with van der Waals surface area (Å²) in [5, 5.41) is 9.19. The Morgan fingerprint density at radius 2 is 1.85 bits per heavy atom. The van der Waals surface area contributed by atoms with Crippen molar-refractivity contribution in [2.75, 3.05) is 13.2 Å². The van der Waals surface area contributed by atoms with Crippen molar-refractivity contribution in [3.8, 4) is 0 Å². The molecule has 3 rings (SSSR count). The SMILES string of the molecule is O=C1CCC2(CCC(c3ccccc3)CC2)N1CCO. The molecule has 0 unspecified atom stereocenters. The first-order valence-corrected chi connectivity index (χ1v) is 7.71. The minimum absolute atomic E-state index is 0.0467. The van der Waals surface area contributed by atoms with E-state index < -0.39 is 0 Å². The van der Waals surface area contributed by atoms with E-state index in [0.29, 0.717) is 18.9 Å². The number of carbonyl (C=O) groups excluding carboxylic acids is 1. The molecule has 20 heavy (non-hydrogen) atoms. The van der Waals surface area contributed by atoms with Gasteiger partial charge < -0.3 is 10.0 Å². The molecular formula is C17H23NO2. The van der Waals surface area contributed by atoms with Crippen LogP contribution in [0.25, 0.3) is 0 Å². The van der Waals surface area contributed by atoms with E-state index in [-0.39, 0.29) is 18.1 Å². The summed E-state index contributed by atoms with van der Waals surface area (Å²) < 4.78 is 0. The van der Waals surface area contributed by atoms with Crippen LogP contribution in [0.15, 0.2) is 30.3 Å². The Balaban J connectivity index is 1.70. The van der Waals surface area contributed by atoms with E-state index in [2.05, 4.69) is 30.3 Å². The molecule has 1 amide bonds. The van der Waals surface area contributed by atoms with Crippen LogP contribution in [0.4, 0.5) is 0 Å². The average molecular weight is 273 g/mol. The Kier molecular flexibility index (Phi) is 3.79. The number of aliphatic hydroxyl groups excluding tert-OH is 1. The highest BCUT2D eigenvalue weighted by Crippen LogP contribution is 2.46. The first-order valence-electron chi connectivity index (χ1n) is 7.71. The molecule has 1 N–H and O–H groups in total. The molecule has 1 aliphatic heterocycles. The zero-order valence-corrected chi connectivity index (χ0v) is 11.9. The number of hydrogen-bond acceptors (Lipinski definition) is 2. The molecule has 1 spiro atoms. The van der Waals surface area contributed by atoms with Crippen LogP contribution >= 0.6 is 0 Å². The van der Waals surface area contributed by atoms with Crippen LogP contribution in [0.1, 0.15) is 50.0 Å². The maximum Gasteiger partial charge on any atom is 0.223 e. The van der Waals surface area contributed by atoms with Gasteiger partial charge in [-0.1, -0.05) is 30.3 Å². The summed E-state index contributed by atoms with van der Waals surface area (Å²) in [6, 6.07) is 10.7. The lowest BCUT2D eigenvalue weighted by Gasteiger charge is -2.43. The summed E-state index contributed by atoms with van der Waals surface area (Å²) in [4.78, 5) is 14.0. The first-order chi connectivity index (χ1) is 9.75. The van der Waals surface area contributed by atoms with E-state index in [1.165, 1.54) is 5.56 Å². The molecule has 0 atom stereocenters. The van der Waals surface area contributed by atoms with E-state index in [9.17, 15) is 9.90 Å². The maximum atomic E-state index is 12.0. The monoisotopic (exact) mass is 273 g/mol. The zero-order chi connectivity index (χ0) is 14.0. The Hall–Kier alpha value is -1.35. The predicted octanol–water partition coefficient (Wildman–Crippen LogP) is 2.70. The van der Waals surface area contributed by atoms with E-state index in [0.717, 1.165) is 32.1 Å². The number of aliphatic hydroxyl groups is 1. The largest absolute Gasteiger partial charge is 0.395 e.